The van der Waals surface area contributed by atoms with Gasteiger partial charge in [0.1, 0.15) is 5.75 Å². The molecule has 3 N–H and O–H groups in total. The first-order valence-electron chi connectivity index (χ1n) is 15.0. The van der Waals surface area contributed by atoms with Crippen molar-refractivity contribution < 1.29 is 29.0 Å². The van der Waals surface area contributed by atoms with E-state index >= 15 is 0 Å². The highest BCUT2D eigenvalue weighted by Crippen LogP contribution is 2.38. The highest BCUT2D eigenvalue weighted by molar-refractivity contribution is 6.11. The molecule has 4 aromatic rings. The zero-order valence-corrected chi connectivity index (χ0v) is 25.9. The summed E-state index contributed by atoms with van der Waals surface area (Å²) < 4.78 is 5.54. The van der Waals surface area contributed by atoms with Crippen LogP contribution in [0.5, 0.6) is 5.75 Å². The first kappa shape index (κ1) is 31.8. The Kier molecular flexibility index (Phi) is 9.66. The van der Waals surface area contributed by atoms with Gasteiger partial charge in [-0.2, -0.15) is 0 Å². The molecule has 236 valence electrons. The Bertz CT molecular complexity index is 1770. The summed E-state index contributed by atoms with van der Waals surface area (Å²) in [6, 6.07) is 26.5. The van der Waals surface area contributed by atoms with Gasteiger partial charge in [0, 0.05) is 24.3 Å². The number of carboxylic acid groups (broad SMARTS) is 1. The van der Waals surface area contributed by atoms with E-state index in [-0.39, 0.29) is 43.7 Å². The largest absolute Gasteiger partial charge is 0.495 e. The van der Waals surface area contributed by atoms with Gasteiger partial charge in [0.2, 0.25) is 5.91 Å². The first-order chi connectivity index (χ1) is 22.1. The minimum atomic E-state index is -0.914. The number of nitrogens with zero attached hydrogens (tertiary/aromatic N) is 2. The molecule has 1 aliphatic heterocycles. The lowest BCUT2D eigenvalue weighted by molar-refractivity contribution is -0.137. The van der Waals surface area contributed by atoms with Crippen molar-refractivity contribution >= 4 is 46.6 Å². The number of nitrogens with one attached hydrogen (secondary N) is 2. The van der Waals surface area contributed by atoms with E-state index in [9.17, 15) is 24.3 Å². The van der Waals surface area contributed by atoms with E-state index in [1.165, 1.54) is 7.11 Å². The van der Waals surface area contributed by atoms with Crippen molar-refractivity contribution in [2.75, 3.05) is 40.6 Å². The highest BCUT2D eigenvalue weighted by Gasteiger charge is 2.31. The van der Waals surface area contributed by atoms with Crippen LogP contribution in [0.2, 0.25) is 0 Å². The van der Waals surface area contributed by atoms with E-state index in [0.29, 0.717) is 39.6 Å². The molecule has 10 nitrogen and oxygen atoms in total. The number of para-hydroxylation sites is 1. The minimum absolute atomic E-state index is 0.0509. The minimum Gasteiger partial charge on any atom is -0.495 e. The van der Waals surface area contributed by atoms with E-state index in [1.54, 1.807) is 58.3 Å². The zero-order chi connectivity index (χ0) is 32.8. The smallest absolute Gasteiger partial charge is 0.323 e. The lowest BCUT2D eigenvalue weighted by Crippen LogP contribution is -2.47. The molecule has 0 aliphatic carbocycles. The van der Waals surface area contributed by atoms with Crippen LogP contribution in [0.1, 0.15) is 46.3 Å². The van der Waals surface area contributed by atoms with Crippen LogP contribution in [0.15, 0.2) is 91.0 Å². The van der Waals surface area contributed by atoms with Gasteiger partial charge in [-0.05, 0) is 72.0 Å². The molecule has 0 bridgehead atoms. The quantitative estimate of drug-likeness (QED) is 0.197. The van der Waals surface area contributed by atoms with Crippen molar-refractivity contribution in [3.8, 4) is 5.75 Å². The topological polar surface area (TPSA) is 128 Å². The second-order valence-electron chi connectivity index (χ2n) is 11.2. The summed E-state index contributed by atoms with van der Waals surface area (Å²) in [4.78, 5) is 54.7. The summed E-state index contributed by atoms with van der Waals surface area (Å²) in [6.45, 7) is 4.28. The Morgan fingerprint density at radius 3 is 2.24 bits per heavy atom. The molecule has 1 aliphatic rings. The van der Waals surface area contributed by atoms with E-state index in [0.717, 1.165) is 11.1 Å². The number of benzene rings is 4. The Hall–Kier alpha value is -5.64. The zero-order valence-electron chi connectivity index (χ0n) is 25.9. The SMILES string of the molecule is COc1cc(CC(=O)N2CCN(C(=O)c3ccccc3)c3cc(C(C)CC(=O)O)ccc32)ccc1NC(=O)Nc1ccccc1C. The number of carboxylic acids is 1. The standard InChI is InChI=1S/C36H36N4O6/c1-23-9-7-8-12-28(23)37-36(45)38-29-15-13-25(20-32(29)46-3)21-33(41)39-17-18-40(35(44)26-10-5-4-6-11-26)31-22-27(14-16-30(31)39)24(2)19-34(42)43/h4-16,20,22,24H,17-19,21H2,1-3H3,(H,42,43)(H2,37,38,45). The average Bonchev–Trinajstić information content (AvgIpc) is 3.05. The molecule has 1 heterocycles. The number of rotatable bonds is 9. The molecule has 0 spiro atoms. The number of ether oxygens (including phenoxy) is 1. The van der Waals surface area contributed by atoms with Crippen LogP contribution in [0.25, 0.3) is 0 Å². The summed E-state index contributed by atoms with van der Waals surface area (Å²) in [6.07, 6.45) is -0.0103. The normalized spacial score (nSPS) is 12.9. The van der Waals surface area contributed by atoms with Crippen molar-refractivity contribution in [2.24, 2.45) is 0 Å². The molecule has 5 rings (SSSR count). The van der Waals surface area contributed by atoms with Crippen molar-refractivity contribution in [3.05, 3.63) is 113 Å². The Morgan fingerprint density at radius 1 is 0.826 bits per heavy atom. The van der Waals surface area contributed by atoms with Gasteiger partial charge in [0.05, 0.1) is 37.0 Å². The molecular weight excluding hydrogens is 584 g/mol. The fourth-order valence-electron chi connectivity index (χ4n) is 5.53. The molecule has 0 aromatic heterocycles. The van der Waals surface area contributed by atoms with Gasteiger partial charge < -0.3 is 30.3 Å². The number of carbonyl (C=O) groups excluding carboxylic acids is 3. The van der Waals surface area contributed by atoms with Crippen LogP contribution in [-0.4, -0.2) is 49.1 Å². The number of hydrogen-bond donors (Lipinski definition) is 3. The Morgan fingerprint density at radius 2 is 1.52 bits per heavy atom. The second-order valence-corrected chi connectivity index (χ2v) is 11.2. The van der Waals surface area contributed by atoms with Crippen molar-refractivity contribution in [2.45, 2.75) is 32.6 Å². The van der Waals surface area contributed by atoms with Gasteiger partial charge in [0.25, 0.3) is 5.91 Å². The molecule has 0 fully saturated rings. The number of carbonyl (C=O) groups is 4. The molecule has 4 aromatic carbocycles. The van der Waals surface area contributed by atoms with Gasteiger partial charge in [-0.1, -0.05) is 55.5 Å². The molecule has 4 amide bonds. The van der Waals surface area contributed by atoms with E-state index in [4.69, 9.17) is 4.74 Å². The van der Waals surface area contributed by atoms with Crippen LogP contribution >= 0.6 is 0 Å². The van der Waals surface area contributed by atoms with Gasteiger partial charge in [-0.15, -0.1) is 0 Å². The maximum absolute atomic E-state index is 13.8. The van der Waals surface area contributed by atoms with E-state index in [1.807, 2.05) is 56.3 Å². The fraction of sp³-hybridized carbons (Fsp3) is 0.222. The monoisotopic (exact) mass is 620 g/mol. The third-order valence-corrected chi connectivity index (χ3v) is 8.01. The summed E-state index contributed by atoms with van der Waals surface area (Å²) >= 11 is 0. The summed E-state index contributed by atoms with van der Waals surface area (Å²) in [7, 11) is 1.49. The average molecular weight is 621 g/mol. The number of anilines is 4. The van der Waals surface area contributed by atoms with Crippen LogP contribution in [0.4, 0.5) is 27.5 Å². The highest BCUT2D eigenvalue weighted by atomic mass is 16.5. The van der Waals surface area contributed by atoms with E-state index in [2.05, 4.69) is 10.6 Å². The Labute approximate surface area is 267 Å². The predicted octanol–water partition coefficient (Wildman–Crippen LogP) is 6.46. The van der Waals surface area contributed by atoms with Crippen LogP contribution in [0, 0.1) is 6.92 Å². The summed E-state index contributed by atoms with van der Waals surface area (Å²) in [5.74, 6) is -1.18. The lowest BCUT2D eigenvalue weighted by Gasteiger charge is -2.37. The second kappa shape index (κ2) is 14.0. The van der Waals surface area contributed by atoms with Crippen molar-refractivity contribution in [1.29, 1.82) is 0 Å². The Balaban J connectivity index is 1.37. The number of aliphatic carboxylic acids is 1. The van der Waals surface area contributed by atoms with Crippen molar-refractivity contribution in [3.63, 3.8) is 0 Å². The van der Waals surface area contributed by atoms with Crippen molar-refractivity contribution in [1.82, 2.24) is 0 Å². The molecule has 0 saturated heterocycles. The molecule has 0 radical (unpaired) electrons. The summed E-state index contributed by atoms with van der Waals surface area (Å²) in [5.41, 5.74) is 5.16. The number of aryl methyl sites for hydroxylation is 1. The van der Waals surface area contributed by atoms with Gasteiger partial charge in [0.15, 0.2) is 0 Å². The van der Waals surface area contributed by atoms with Gasteiger partial charge in [-0.25, -0.2) is 4.79 Å². The predicted molar refractivity (Wildman–Crippen MR) is 178 cm³/mol. The lowest BCUT2D eigenvalue weighted by atomic mass is 9.95. The third kappa shape index (κ3) is 7.18. The molecule has 10 heteroatoms. The van der Waals surface area contributed by atoms with Gasteiger partial charge >= 0.3 is 12.0 Å². The number of fused-ring (bicyclic) bond motifs is 1. The number of hydrogen-bond acceptors (Lipinski definition) is 5. The molecule has 1 atom stereocenters. The molecule has 1 unspecified atom stereocenters. The maximum Gasteiger partial charge on any atom is 0.323 e. The number of methoxy groups -OCH3 is 1. The van der Waals surface area contributed by atoms with Crippen LogP contribution in [0.3, 0.4) is 0 Å². The van der Waals surface area contributed by atoms with Crippen LogP contribution < -0.4 is 25.2 Å². The summed E-state index contributed by atoms with van der Waals surface area (Å²) in [5, 5.41) is 15.0. The van der Waals surface area contributed by atoms with Gasteiger partial charge in [-0.3, -0.25) is 14.4 Å². The molecular formula is C36H36N4O6. The third-order valence-electron chi connectivity index (χ3n) is 8.01. The fourth-order valence-corrected chi connectivity index (χ4v) is 5.53. The number of urea groups is 1. The number of amides is 4. The molecule has 46 heavy (non-hydrogen) atoms. The maximum atomic E-state index is 13.8. The van der Waals surface area contributed by atoms with Crippen LogP contribution in [-0.2, 0) is 16.0 Å². The first-order valence-corrected chi connectivity index (χ1v) is 15.0. The van der Waals surface area contributed by atoms with E-state index < -0.39 is 12.0 Å². The molecule has 0 saturated carbocycles.